The number of hydrogen-bond acceptors (Lipinski definition) is 2. The molecule has 0 bridgehead atoms. The summed E-state index contributed by atoms with van der Waals surface area (Å²) >= 11 is 3.58. The Labute approximate surface area is 99.6 Å². The van der Waals surface area contributed by atoms with Gasteiger partial charge in [0.05, 0.1) is 0 Å². The van der Waals surface area contributed by atoms with Gasteiger partial charge in [0.15, 0.2) is 0 Å². The highest BCUT2D eigenvalue weighted by Gasteiger charge is 2.16. The van der Waals surface area contributed by atoms with Crippen LogP contribution in [0.25, 0.3) is 0 Å². The Kier molecular flexibility index (Phi) is 3.78. The highest BCUT2D eigenvalue weighted by molar-refractivity contribution is 9.10. The fraction of sp³-hybridized carbons (Fsp3) is 0.500. The Morgan fingerprint density at radius 1 is 1.40 bits per heavy atom. The molecule has 1 fully saturated rings. The quantitative estimate of drug-likeness (QED) is 0.893. The van der Waals surface area contributed by atoms with E-state index < -0.39 is 0 Å². The van der Waals surface area contributed by atoms with Gasteiger partial charge in [-0.15, -0.1) is 0 Å². The summed E-state index contributed by atoms with van der Waals surface area (Å²) in [6, 6.07) is 8.77. The van der Waals surface area contributed by atoms with Crippen LogP contribution in [-0.4, -0.2) is 24.0 Å². The van der Waals surface area contributed by atoms with Crippen LogP contribution in [0.15, 0.2) is 28.7 Å². The molecule has 15 heavy (non-hydrogen) atoms. The van der Waals surface area contributed by atoms with Crippen molar-refractivity contribution in [3.05, 3.63) is 34.3 Å². The van der Waals surface area contributed by atoms with Crippen molar-refractivity contribution in [3.63, 3.8) is 0 Å². The van der Waals surface area contributed by atoms with E-state index in [1.54, 1.807) is 0 Å². The molecule has 1 heterocycles. The van der Waals surface area contributed by atoms with Gasteiger partial charge in [0, 0.05) is 23.6 Å². The normalized spacial score (nSPS) is 22.9. The molecular formula is C12H17BrN2. The minimum Gasteiger partial charge on any atom is -0.327 e. The Bertz CT molecular complexity index is 327. The monoisotopic (exact) mass is 268 g/mol. The predicted octanol–water partition coefficient (Wildman–Crippen LogP) is 2.37. The minimum absolute atomic E-state index is 0.362. The van der Waals surface area contributed by atoms with Crippen molar-refractivity contribution in [2.45, 2.75) is 25.4 Å². The molecule has 2 N–H and O–H groups in total. The average Bonchev–Trinajstić information content (AvgIpc) is 2.22. The minimum atomic E-state index is 0.362. The van der Waals surface area contributed by atoms with Gasteiger partial charge in [-0.25, -0.2) is 0 Å². The van der Waals surface area contributed by atoms with Crippen LogP contribution in [0.4, 0.5) is 0 Å². The van der Waals surface area contributed by atoms with Crippen LogP contribution in [0.2, 0.25) is 0 Å². The van der Waals surface area contributed by atoms with E-state index in [2.05, 4.69) is 45.1 Å². The fourth-order valence-electron chi connectivity index (χ4n) is 2.10. The number of rotatable bonds is 2. The van der Waals surface area contributed by atoms with Gasteiger partial charge in [0.1, 0.15) is 0 Å². The molecule has 0 aromatic heterocycles. The first-order valence-corrected chi connectivity index (χ1v) is 6.26. The highest BCUT2D eigenvalue weighted by atomic mass is 79.9. The molecule has 3 heteroatoms. The molecule has 1 aromatic rings. The summed E-state index contributed by atoms with van der Waals surface area (Å²) in [6.45, 7) is 3.21. The topological polar surface area (TPSA) is 29.3 Å². The van der Waals surface area contributed by atoms with E-state index in [-0.39, 0.29) is 0 Å². The summed E-state index contributed by atoms with van der Waals surface area (Å²) in [5, 5.41) is 0. The van der Waals surface area contributed by atoms with Crippen molar-refractivity contribution in [1.82, 2.24) is 4.90 Å². The van der Waals surface area contributed by atoms with Gasteiger partial charge in [-0.1, -0.05) is 34.1 Å². The molecule has 0 spiro atoms. The smallest absolute Gasteiger partial charge is 0.0245 e. The number of hydrogen-bond donors (Lipinski definition) is 1. The second-order valence-corrected chi connectivity index (χ2v) is 5.08. The Balaban J connectivity index is 1.99. The van der Waals surface area contributed by atoms with E-state index in [0.717, 1.165) is 13.1 Å². The number of nitrogens with zero attached hydrogens (tertiary/aromatic N) is 1. The lowest BCUT2D eigenvalue weighted by Gasteiger charge is -2.30. The molecule has 1 aliphatic heterocycles. The summed E-state index contributed by atoms with van der Waals surface area (Å²) in [7, 11) is 0. The molecule has 0 amide bonds. The maximum Gasteiger partial charge on any atom is 0.0245 e. The molecule has 0 aliphatic carbocycles. The van der Waals surface area contributed by atoms with Gasteiger partial charge in [0.2, 0.25) is 0 Å². The fourth-order valence-corrected chi connectivity index (χ4v) is 2.51. The summed E-state index contributed by atoms with van der Waals surface area (Å²) in [5.41, 5.74) is 7.32. The van der Waals surface area contributed by atoms with Crippen molar-refractivity contribution in [3.8, 4) is 0 Å². The Morgan fingerprint density at radius 2 is 2.20 bits per heavy atom. The van der Waals surface area contributed by atoms with Crippen LogP contribution in [0.3, 0.4) is 0 Å². The molecule has 1 atom stereocenters. The number of halogens is 1. The summed E-state index contributed by atoms with van der Waals surface area (Å²) in [4.78, 5) is 2.44. The second kappa shape index (κ2) is 5.10. The van der Waals surface area contributed by atoms with E-state index in [1.807, 2.05) is 0 Å². The van der Waals surface area contributed by atoms with E-state index in [0.29, 0.717) is 6.04 Å². The van der Waals surface area contributed by atoms with E-state index >= 15 is 0 Å². The Morgan fingerprint density at radius 3 is 2.93 bits per heavy atom. The standard InChI is InChI=1S/C12H17BrN2/c13-12-6-2-1-4-10(12)8-15-7-3-5-11(14)9-15/h1-2,4,6,11H,3,5,7-9,14H2/t11-/m0/s1. The first-order chi connectivity index (χ1) is 7.25. The zero-order chi connectivity index (χ0) is 10.7. The first-order valence-electron chi connectivity index (χ1n) is 5.47. The molecule has 0 radical (unpaired) electrons. The van der Waals surface area contributed by atoms with Crippen LogP contribution in [-0.2, 0) is 6.54 Å². The highest BCUT2D eigenvalue weighted by Crippen LogP contribution is 2.19. The van der Waals surface area contributed by atoms with E-state index in [1.165, 1.54) is 29.4 Å². The molecule has 0 saturated carbocycles. The molecule has 1 saturated heterocycles. The summed E-state index contributed by atoms with van der Waals surface area (Å²) < 4.78 is 1.20. The molecule has 2 nitrogen and oxygen atoms in total. The van der Waals surface area contributed by atoms with Crippen LogP contribution in [0.5, 0.6) is 0 Å². The van der Waals surface area contributed by atoms with E-state index in [4.69, 9.17) is 5.73 Å². The summed E-state index contributed by atoms with van der Waals surface area (Å²) in [6.07, 6.45) is 2.40. The van der Waals surface area contributed by atoms with Crippen LogP contribution >= 0.6 is 15.9 Å². The number of likely N-dealkylation sites (tertiary alicyclic amines) is 1. The van der Waals surface area contributed by atoms with Gasteiger partial charge in [-0.3, -0.25) is 4.90 Å². The second-order valence-electron chi connectivity index (χ2n) is 4.23. The van der Waals surface area contributed by atoms with E-state index in [9.17, 15) is 0 Å². The lowest BCUT2D eigenvalue weighted by molar-refractivity contribution is 0.201. The van der Waals surface area contributed by atoms with Gasteiger partial charge in [-0.05, 0) is 31.0 Å². The molecule has 0 unspecified atom stereocenters. The average molecular weight is 269 g/mol. The third kappa shape index (κ3) is 3.03. The van der Waals surface area contributed by atoms with Crippen molar-refractivity contribution in [2.24, 2.45) is 5.73 Å². The van der Waals surface area contributed by atoms with Crippen molar-refractivity contribution < 1.29 is 0 Å². The number of nitrogens with two attached hydrogens (primary N) is 1. The van der Waals surface area contributed by atoms with Crippen molar-refractivity contribution in [1.29, 1.82) is 0 Å². The summed E-state index contributed by atoms with van der Waals surface area (Å²) in [5.74, 6) is 0. The number of benzene rings is 1. The van der Waals surface area contributed by atoms with Gasteiger partial charge in [-0.2, -0.15) is 0 Å². The van der Waals surface area contributed by atoms with Crippen LogP contribution in [0.1, 0.15) is 18.4 Å². The van der Waals surface area contributed by atoms with Crippen LogP contribution < -0.4 is 5.73 Å². The molecule has 2 rings (SSSR count). The largest absolute Gasteiger partial charge is 0.327 e. The molecular weight excluding hydrogens is 252 g/mol. The molecule has 82 valence electrons. The first kappa shape index (κ1) is 11.1. The predicted molar refractivity (Wildman–Crippen MR) is 66.6 cm³/mol. The SMILES string of the molecule is N[C@H]1CCCN(Cc2ccccc2Br)C1. The molecule has 1 aromatic carbocycles. The lowest BCUT2D eigenvalue weighted by Crippen LogP contribution is -2.42. The zero-order valence-corrected chi connectivity index (χ0v) is 10.4. The third-order valence-electron chi connectivity index (χ3n) is 2.89. The van der Waals surface area contributed by atoms with Crippen molar-refractivity contribution >= 4 is 15.9 Å². The number of piperidine rings is 1. The lowest BCUT2D eigenvalue weighted by atomic mass is 10.1. The van der Waals surface area contributed by atoms with Gasteiger partial charge < -0.3 is 5.73 Å². The van der Waals surface area contributed by atoms with Gasteiger partial charge in [0.25, 0.3) is 0 Å². The van der Waals surface area contributed by atoms with Crippen molar-refractivity contribution in [2.75, 3.05) is 13.1 Å². The zero-order valence-electron chi connectivity index (χ0n) is 8.82. The Hall–Kier alpha value is -0.380. The maximum atomic E-state index is 5.96. The maximum absolute atomic E-state index is 5.96. The molecule has 1 aliphatic rings. The third-order valence-corrected chi connectivity index (χ3v) is 3.67. The van der Waals surface area contributed by atoms with Gasteiger partial charge >= 0.3 is 0 Å². The van der Waals surface area contributed by atoms with Crippen LogP contribution in [0, 0.1) is 0 Å².